The van der Waals surface area contributed by atoms with E-state index < -0.39 is 0 Å². The second-order valence-corrected chi connectivity index (χ2v) is 8.57. The maximum atomic E-state index is 13.2. The summed E-state index contributed by atoms with van der Waals surface area (Å²) < 4.78 is 11.1. The minimum Gasteiger partial charge on any atom is -0.497 e. The van der Waals surface area contributed by atoms with Crippen molar-refractivity contribution in [2.45, 2.75) is 45.3 Å². The third-order valence-corrected chi connectivity index (χ3v) is 5.98. The van der Waals surface area contributed by atoms with Crippen LogP contribution in [0, 0.1) is 5.92 Å². The molecule has 4 rings (SSSR count). The SMILES string of the molecule is COc1ccc(N2C(=O)[C@H](CCCc3ccccc3)[C@H]2c2ccc(OC(C)C)cc2)cc1. The van der Waals surface area contributed by atoms with Gasteiger partial charge in [-0.05, 0) is 80.6 Å². The van der Waals surface area contributed by atoms with Gasteiger partial charge in [-0.15, -0.1) is 0 Å². The molecule has 0 radical (unpaired) electrons. The predicted molar refractivity (Wildman–Crippen MR) is 128 cm³/mol. The second kappa shape index (κ2) is 9.90. The molecule has 3 aromatic rings. The number of benzene rings is 3. The zero-order valence-corrected chi connectivity index (χ0v) is 19.0. The summed E-state index contributed by atoms with van der Waals surface area (Å²) in [6, 6.07) is 26.4. The Morgan fingerprint density at radius 2 is 1.53 bits per heavy atom. The standard InChI is InChI=1S/C28H31NO3/c1-20(2)32-25-16-12-22(13-17-25)27-26(11-7-10-21-8-5-4-6-9-21)28(30)29(27)23-14-18-24(31-3)19-15-23/h4-6,8-9,12-20,26-27H,7,10-11H2,1-3H3/t26-,27-/m1/s1. The molecule has 4 heteroatoms. The first-order valence-electron chi connectivity index (χ1n) is 11.3. The molecule has 166 valence electrons. The van der Waals surface area contributed by atoms with Gasteiger partial charge in [0, 0.05) is 5.69 Å². The van der Waals surface area contributed by atoms with E-state index in [1.807, 2.05) is 61.2 Å². The molecule has 0 unspecified atom stereocenters. The summed E-state index contributed by atoms with van der Waals surface area (Å²) in [5, 5.41) is 0. The molecular formula is C28H31NO3. The number of ether oxygens (including phenoxy) is 2. The maximum absolute atomic E-state index is 13.2. The molecule has 4 nitrogen and oxygen atoms in total. The molecule has 0 aromatic heterocycles. The molecule has 1 aliphatic rings. The highest BCUT2D eigenvalue weighted by molar-refractivity contribution is 6.03. The summed E-state index contributed by atoms with van der Waals surface area (Å²) in [6.45, 7) is 4.04. The number of nitrogens with zero attached hydrogens (tertiary/aromatic N) is 1. The van der Waals surface area contributed by atoms with Crippen molar-refractivity contribution in [3.8, 4) is 11.5 Å². The maximum Gasteiger partial charge on any atom is 0.233 e. The van der Waals surface area contributed by atoms with Crippen LogP contribution in [-0.4, -0.2) is 19.1 Å². The largest absolute Gasteiger partial charge is 0.497 e. The van der Waals surface area contributed by atoms with Crippen molar-refractivity contribution >= 4 is 11.6 Å². The molecule has 0 aliphatic carbocycles. The van der Waals surface area contributed by atoms with E-state index in [1.54, 1.807) is 7.11 Å². The van der Waals surface area contributed by atoms with Crippen LogP contribution in [0.4, 0.5) is 5.69 Å². The molecule has 1 aliphatic heterocycles. The Hall–Kier alpha value is -3.27. The van der Waals surface area contributed by atoms with Gasteiger partial charge >= 0.3 is 0 Å². The summed E-state index contributed by atoms with van der Waals surface area (Å²) in [6.07, 6.45) is 2.98. The highest BCUT2D eigenvalue weighted by atomic mass is 16.5. The van der Waals surface area contributed by atoms with Gasteiger partial charge in [0.25, 0.3) is 0 Å². The molecule has 0 spiro atoms. The van der Waals surface area contributed by atoms with Gasteiger partial charge in [0.15, 0.2) is 0 Å². The summed E-state index contributed by atoms with van der Waals surface area (Å²) in [5.41, 5.74) is 3.36. The van der Waals surface area contributed by atoms with Crippen LogP contribution in [0.2, 0.25) is 0 Å². The molecule has 0 N–H and O–H groups in total. The molecule has 1 heterocycles. The van der Waals surface area contributed by atoms with Crippen LogP contribution in [0.5, 0.6) is 11.5 Å². The fraction of sp³-hybridized carbons (Fsp3) is 0.321. The number of carbonyl (C=O) groups excluding carboxylic acids is 1. The van der Waals surface area contributed by atoms with E-state index in [4.69, 9.17) is 9.47 Å². The van der Waals surface area contributed by atoms with Crippen molar-refractivity contribution in [3.63, 3.8) is 0 Å². The Balaban J connectivity index is 1.53. The van der Waals surface area contributed by atoms with Gasteiger partial charge in [0.05, 0.1) is 25.2 Å². The average Bonchev–Trinajstić information content (AvgIpc) is 2.81. The summed E-state index contributed by atoms with van der Waals surface area (Å²) >= 11 is 0. The van der Waals surface area contributed by atoms with Crippen LogP contribution in [0.3, 0.4) is 0 Å². The van der Waals surface area contributed by atoms with Gasteiger partial charge in [-0.1, -0.05) is 42.5 Å². The highest BCUT2D eigenvalue weighted by Gasteiger charge is 2.48. The number of hydrogen-bond acceptors (Lipinski definition) is 3. The number of anilines is 1. The zero-order chi connectivity index (χ0) is 22.5. The molecule has 0 bridgehead atoms. The Kier molecular flexibility index (Phi) is 6.79. The second-order valence-electron chi connectivity index (χ2n) is 8.57. The topological polar surface area (TPSA) is 38.8 Å². The minimum absolute atomic E-state index is 0.0160. The van der Waals surface area contributed by atoms with Crippen molar-refractivity contribution in [1.82, 2.24) is 0 Å². The van der Waals surface area contributed by atoms with E-state index in [-0.39, 0.29) is 24.0 Å². The van der Waals surface area contributed by atoms with E-state index in [0.29, 0.717) is 0 Å². The third-order valence-electron chi connectivity index (χ3n) is 5.98. The van der Waals surface area contributed by atoms with E-state index in [2.05, 4.69) is 36.4 Å². The van der Waals surface area contributed by atoms with Crippen LogP contribution >= 0.6 is 0 Å². The number of methoxy groups -OCH3 is 1. The van der Waals surface area contributed by atoms with Crippen LogP contribution in [0.15, 0.2) is 78.9 Å². The first-order chi connectivity index (χ1) is 15.6. The number of amides is 1. The van der Waals surface area contributed by atoms with Crippen LogP contribution < -0.4 is 14.4 Å². The lowest BCUT2D eigenvalue weighted by molar-refractivity contribution is -0.130. The molecule has 32 heavy (non-hydrogen) atoms. The van der Waals surface area contributed by atoms with E-state index in [9.17, 15) is 4.79 Å². The quantitative estimate of drug-likeness (QED) is 0.380. The molecule has 3 aromatic carbocycles. The first-order valence-corrected chi connectivity index (χ1v) is 11.3. The molecule has 1 saturated heterocycles. The van der Waals surface area contributed by atoms with Crippen molar-refractivity contribution in [3.05, 3.63) is 90.0 Å². The van der Waals surface area contributed by atoms with Crippen molar-refractivity contribution in [2.75, 3.05) is 12.0 Å². The van der Waals surface area contributed by atoms with Crippen LogP contribution in [0.25, 0.3) is 0 Å². The molecule has 1 amide bonds. The summed E-state index contributed by atoms with van der Waals surface area (Å²) in [4.78, 5) is 15.1. The van der Waals surface area contributed by atoms with Crippen LogP contribution in [0.1, 0.15) is 43.9 Å². The van der Waals surface area contributed by atoms with Crippen LogP contribution in [-0.2, 0) is 11.2 Å². The van der Waals surface area contributed by atoms with Gasteiger partial charge in [-0.2, -0.15) is 0 Å². The fourth-order valence-corrected chi connectivity index (χ4v) is 4.43. The van der Waals surface area contributed by atoms with Gasteiger partial charge in [-0.3, -0.25) is 4.79 Å². The number of carbonyl (C=O) groups is 1. The third kappa shape index (κ3) is 4.80. The smallest absolute Gasteiger partial charge is 0.233 e. The minimum atomic E-state index is -0.0160. The lowest BCUT2D eigenvalue weighted by Gasteiger charge is -2.47. The van der Waals surface area contributed by atoms with Gasteiger partial charge < -0.3 is 14.4 Å². The highest BCUT2D eigenvalue weighted by Crippen LogP contribution is 2.46. The van der Waals surface area contributed by atoms with Gasteiger partial charge in [0.1, 0.15) is 11.5 Å². The summed E-state index contributed by atoms with van der Waals surface area (Å²) in [7, 11) is 1.65. The normalized spacial score (nSPS) is 17.9. The summed E-state index contributed by atoms with van der Waals surface area (Å²) in [5.74, 6) is 1.81. The molecule has 0 saturated carbocycles. The zero-order valence-electron chi connectivity index (χ0n) is 19.0. The Bertz CT molecular complexity index is 1010. The van der Waals surface area contributed by atoms with Gasteiger partial charge in [0.2, 0.25) is 5.91 Å². The molecule has 2 atom stereocenters. The number of aryl methyl sites for hydroxylation is 1. The van der Waals surface area contributed by atoms with Crippen molar-refractivity contribution in [1.29, 1.82) is 0 Å². The lowest BCUT2D eigenvalue weighted by Crippen LogP contribution is -2.55. The Morgan fingerprint density at radius 1 is 0.875 bits per heavy atom. The lowest BCUT2D eigenvalue weighted by atomic mass is 9.78. The van der Waals surface area contributed by atoms with Gasteiger partial charge in [-0.25, -0.2) is 0 Å². The average molecular weight is 430 g/mol. The number of hydrogen-bond donors (Lipinski definition) is 0. The predicted octanol–water partition coefficient (Wildman–Crippen LogP) is 6.21. The molecular weight excluding hydrogens is 398 g/mol. The van der Waals surface area contributed by atoms with Crippen molar-refractivity contribution in [2.24, 2.45) is 5.92 Å². The van der Waals surface area contributed by atoms with E-state index in [0.717, 1.165) is 42.0 Å². The Labute approximate surface area is 190 Å². The molecule has 1 fully saturated rings. The monoisotopic (exact) mass is 429 g/mol. The Morgan fingerprint density at radius 3 is 2.16 bits per heavy atom. The first kappa shape index (κ1) is 21.9. The van der Waals surface area contributed by atoms with E-state index in [1.165, 1.54) is 5.56 Å². The number of β-lactam (4-membered cyclic amide) rings is 1. The van der Waals surface area contributed by atoms with E-state index >= 15 is 0 Å². The fourth-order valence-electron chi connectivity index (χ4n) is 4.43. The van der Waals surface area contributed by atoms with Crippen molar-refractivity contribution < 1.29 is 14.3 Å². The number of rotatable bonds is 9.